The molecule has 1 aliphatic rings. The summed E-state index contributed by atoms with van der Waals surface area (Å²) in [5.41, 5.74) is 2.78. The van der Waals surface area contributed by atoms with Gasteiger partial charge in [0.2, 0.25) is 5.82 Å². The first-order chi connectivity index (χ1) is 20.7. The average Bonchev–Trinajstić information content (AvgIpc) is 3.64. The fraction of sp³-hybridized carbons (Fsp3) is 0.250. The van der Waals surface area contributed by atoms with E-state index >= 15 is 8.78 Å². The Labute approximate surface area is 249 Å². The van der Waals surface area contributed by atoms with Gasteiger partial charge in [-0.1, -0.05) is 18.2 Å². The summed E-state index contributed by atoms with van der Waals surface area (Å²) in [6.07, 6.45) is 6.44. The van der Waals surface area contributed by atoms with E-state index in [9.17, 15) is 9.18 Å². The van der Waals surface area contributed by atoms with Crippen molar-refractivity contribution in [1.29, 1.82) is 0 Å². The molecule has 2 aromatic heterocycles. The number of hydrogen-bond acceptors (Lipinski definition) is 5. The van der Waals surface area contributed by atoms with Crippen molar-refractivity contribution in [3.05, 3.63) is 89.1 Å². The summed E-state index contributed by atoms with van der Waals surface area (Å²) < 4.78 is 57.0. The molecule has 43 heavy (non-hydrogen) atoms. The van der Waals surface area contributed by atoms with Gasteiger partial charge in [-0.2, -0.15) is 4.39 Å². The van der Waals surface area contributed by atoms with Crippen molar-refractivity contribution in [3.63, 3.8) is 0 Å². The number of halogens is 3. The minimum Gasteiger partial charge on any atom is -0.490 e. The number of aliphatic carboxylic acids is 1. The van der Waals surface area contributed by atoms with Gasteiger partial charge >= 0.3 is 5.97 Å². The number of ether oxygens (including phenoxy) is 2. The molecule has 1 aliphatic heterocycles. The van der Waals surface area contributed by atoms with Crippen LogP contribution in [0.25, 0.3) is 22.3 Å². The van der Waals surface area contributed by atoms with Crippen molar-refractivity contribution in [2.24, 2.45) is 0 Å². The molecule has 0 bridgehead atoms. The van der Waals surface area contributed by atoms with Gasteiger partial charge in [-0.25, -0.2) is 13.8 Å². The van der Waals surface area contributed by atoms with Crippen molar-refractivity contribution < 1.29 is 32.5 Å². The van der Waals surface area contributed by atoms with Gasteiger partial charge in [-0.05, 0) is 67.8 Å². The molecule has 5 aromatic rings. The van der Waals surface area contributed by atoms with Crippen LogP contribution in [0.1, 0.15) is 42.5 Å². The van der Waals surface area contributed by atoms with Gasteiger partial charge in [0.15, 0.2) is 11.6 Å². The Morgan fingerprint density at radius 1 is 1.19 bits per heavy atom. The van der Waals surface area contributed by atoms with Crippen LogP contribution >= 0.6 is 11.8 Å². The van der Waals surface area contributed by atoms with Crippen LogP contribution in [-0.2, 0) is 17.6 Å². The first-order valence-electron chi connectivity index (χ1n) is 13.8. The lowest BCUT2D eigenvalue weighted by Crippen LogP contribution is -2.15. The summed E-state index contributed by atoms with van der Waals surface area (Å²) >= 11 is 1.22. The number of thioether (sulfide) groups is 1. The second kappa shape index (κ2) is 11.7. The Morgan fingerprint density at radius 3 is 2.81 bits per heavy atom. The van der Waals surface area contributed by atoms with Gasteiger partial charge in [0.25, 0.3) is 0 Å². The first kappa shape index (κ1) is 28.7. The van der Waals surface area contributed by atoms with Crippen molar-refractivity contribution in [3.8, 4) is 28.6 Å². The molecule has 3 heterocycles. The molecule has 3 N–H and O–H groups in total. The summed E-state index contributed by atoms with van der Waals surface area (Å²) in [4.78, 5) is 22.0. The number of carboxylic acids is 1. The number of carboxylic acid groups (broad SMARTS) is 1. The number of fused-ring (bicyclic) bond motifs is 2. The molecule has 0 amide bonds. The number of aromatic amines is 2. The fourth-order valence-electron chi connectivity index (χ4n) is 5.64. The third kappa shape index (κ3) is 5.56. The molecule has 0 saturated carbocycles. The molecular formula is C32H28F3N3O4S. The Morgan fingerprint density at radius 2 is 2.02 bits per heavy atom. The van der Waals surface area contributed by atoms with Gasteiger partial charge in [-0.15, -0.1) is 11.8 Å². The van der Waals surface area contributed by atoms with Crippen LogP contribution in [0.5, 0.6) is 17.2 Å². The Hall–Kier alpha value is -4.38. The van der Waals surface area contributed by atoms with E-state index < -0.39 is 23.4 Å². The molecule has 11 heteroatoms. The summed E-state index contributed by atoms with van der Waals surface area (Å²) in [5, 5.41) is 9.62. The maximum Gasteiger partial charge on any atom is 0.303 e. The number of para-hydroxylation sites is 1. The van der Waals surface area contributed by atoms with Crippen LogP contribution in [-0.4, -0.2) is 38.4 Å². The normalized spacial score (nSPS) is 16.5. The zero-order valence-electron chi connectivity index (χ0n) is 23.3. The standard InChI is InChI=1S/C32H28F3N3O4S/c1-16-12-19(13-18-5-3-4-17(29(18)41-16)6-9-25(39)40)24-15-37-32(38-24)22-14-20(7-8-23(22)33)42-30-27(35)26(34)28-21(10-11-36-28)31(30)43-2/h3-5,7-8,10-11,14-16,19,36H,6,9,12-13H2,1-2H3,(H,37,38)(H,39,40)/t16-,19+/m1/s1. The van der Waals surface area contributed by atoms with E-state index in [2.05, 4.69) is 15.0 Å². The number of rotatable bonds is 8. The van der Waals surface area contributed by atoms with Gasteiger partial charge in [-0.3, -0.25) is 4.79 Å². The second-order valence-corrected chi connectivity index (χ2v) is 11.4. The quantitative estimate of drug-likeness (QED) is 0.155. The summed E-state index contributed by atoms with van der Waals surface area (Å²) in [7, 11) is 0. The van der Waals surface area contributed by atoms with Crippen LogP contribution in [0.2, 0.25) is 0 Å². The molecule has 0 spiro atoms. The molecular weight excluding hydrogens is 579 g/mol. The van der Waals surface area contributed by atoms with Gasteiger partial charge < -0.3 is 24.5 Å². The summed E-state index contributed by atoms with van der Waals surface area (Å²) in [6.45, 7) is 1.96. The fourth-order valence-corrected chi connectivity index (χ4v) is 6.34. The number of nitrogens with one attached hydrogen (secondary N) is 2. The van der Waals surface area contributed by atoms with Crippen molar-refractivity contribution in [1.82, 2.24) is 15.0 Å². The van der Waals surface area contributed by atoms with Crippen molar-refractivity contribution in [2.75, 3.05) is 6.26 Å². The zero-order chi connectivity index (χ0) is 30.2. The molecule has 222 valence electrons. The summed E-state index contributed by atoms with van der Waals surface area (Å²) in [5.74, 6) is -2.80. The lowest BCUT2D eigenvalue weighted by atomic mass is 9.91. The Balaban J connectivity index is 1.29. The third-order valence-corrected chi connectivity index (χ3v) is 8.46. The molecule has 2 atom stereocenters. The smallest absolute Gasteiger partial charge is 0.303 e. The average molecular weight is 608 g/mol. The highest BCUT2D eigenvalue weighted by molar-refractivity contribution is 7.99. The molecule has 7 nitrogen and oxygen atoms in total. The van der Waals surface area contributed by atoms with Crippen LogP contribution in [0, 0.1) is 17.5 Å². The number of nitrogens with zero attached hydrogens (tertiary/aromatic N) is 1. The van der Waals surface area contributed by atoms with E-state index in [1.165, 1.54) is 36.2 Å². The molecule has 0 radical (unpaired) electrons. The zero-order valence-corrected chi connectivity index (χ0v) is 24.2. The van der Waals surface area contributed by atoms with E-state index in [0.717, 1.165) is 22.6 Å². The largest absolute Gasteiger partial charge is 0.490 e. The van der Waals surface area contributed by atoms with Gasteiger partial charge in [0.1, 0.15) is 23.1 Å². The lowest BCUT2D eigenvalue weighted by molar-refractivity contribution is -0.136. The predicted octanol–water partition coefficient (Wildman–Crippen LogP) is 8.00. The van der Waals surface area contributed by atoms with Gasteiger partial charge in [0.05, 0.1) is 22.1 Å². The van der Waals surface area contributed by atoms with Crippen LogP contribution < -0.4 is 9.47 Å². The minimum absolute atomic E-state index is 0.0107. The predicted molar refractivity (Wildman–Crippen MR) is 158 cm³/mol. The van der Waals surface area contributed by atoms with E-state index in [4.69, 9.17) is 14.6 Å². The molecule has 0 unspecified atom stereocenters. The number of hydrogen-bond donors (Lipinski definition) is 3. The lowest BCUT2D eigenvalue weighted by Gasteiger charge is -2.17. The number of H-pyrrole nitrogens is 2. The Bertz CT molecular complexity index is 1840. The molecule has 6 rings (SSSR count). The second-order valence-electron chi connectivity index (χ2n) is 10.6. The maximum absolute atomic E-state index is 15.1. The highest BCUT2D eigenvalue weighted by Crippen LogP contribution is 2.42. The van der Waals surface area contributed by atoms with Crippen LogP contribution in [0.4, 0.5) is 13.2 Å². The maximum atomic E-state index is 15.1. The first-order valence-corrected chi connectivity index (χ1v) is 15.0. The number of benzene rings is 3. The molecule has 3 aromatic carbocycles. The molecule has 0 fully saturated rings. The highest BCUT2D eigenvalue weighted by atomic mass is 32.2. The molecule has 0 saturated heterocycles. The van der Waals surface area contributed by atoms with Crippen LogP contribution in [0.15, 0.2) is 59.8 Å². The monoisotopic (exact) mass is 607 g/mol. The van der Waals surface area contributed by atoms with E-state index in [1.54, 1.807) is 18.5 Å². The topological polar surface area (TPSA) is 100 Å². The Kier molecular flexibility index (Phi) is 7.83. The number of aromatic nitrogens is 3. The van der Waals surface area contributed by atoms with E-state index in [-0.39, 0.29) is 46.8 Å². The van der Waals surface area contributed by atoms with E-state index in [1.807, 2.05) is 25.1 Å². The third-order valence-electron chi connectivity index (χ3n) is 7.65. The highest BCUT2D eigenvalue weighted by Gasteiger charge is 2.27. The summed E-state index contributed by atoms with van der Waals surface area (Å²) in [6, 6.07) is 11.4. The van der Waals surface area contributed by atoms with E-state index in [0.29, 0.717) is 29.5 Å². The molecule has 0 aliphatic carbocycles. The van der Waals surface area contributed by atoms with Crippen molar-refractivity contribution >= 4 is 28.6 Å². The minimum atomic E-state index is -1.14. The number of imidazole rings is 1. The van der Waals surface area contributed by atoms with Crippen LogP contribution in [0.3, 0.4) is 0 Å². The van der Waals surface area contributed by atoms with Gasteiger partial charge in [0, 0.05) is 35.8 Å². The van der Waals surface area contributed by atoms with Crippen molar-refractivity contribution in [2.45, 2.75) is 49.5 Å². The number of aryl methyl sites for hydroxylation is 1. The number of carbonyl (C=O) groups is 1. The SMILES string of the molecule is CSc1c(Oc2ccc(F)c(-c3ncc([C@@H]4Cc5cccc(CCC(=O)O)c5O[C@H](C)C4)[nH]3)c2)c(F)c(F)c2[nH]ccc12.